The Balaban J connectivity index is 1.02. The molecule has 0 saturated carbocycles. The Kier molecular flexibility index (Phi) is 33.5. The predicted molar refractivity (Wildman–Crippen MR) is 356 cm³/mol. The number of hydrogen-bond acceptors (Lipinski definition) is 48. The van der Waals surface area contributed by atoms with Gasteiger partial charge in [-0.15, -0.1) is 0 Å². The third kappa shape index (κ3) is 20.7. The molecule has 116 heavy (non-hydrogen) atoms. The Morgan fingerprint density at radius 1 is 0.241 bits per heavy atom. The number of carbonyl (C=O) groups excluding carboxylic acids is 3. The Bertz CT molecular complexity index is 3080. The van der Waals surface area contributed by atoms with Crippen LogP contribution in [0.4, 0.5) is 0 Å². The van der Waals surface area contributed by atoms with E-state index in [0.29, 0.717) is 0 Å². The standard InChI is InChI=1S/C65H109N3O48/c1-14-30(77)40(87)46(93)59(101-14)98-11-24-35(82)38(85)27(66-16(3)74)57(108-24)115-54-44(91)36(83)25(12-99-60-47(94)42(89)32(79)19(6-69)104-60)109-64(54)100-13-26-37(84)53(114-63-49(96)43(90)33(80)20(7-70)105-63)55(116-62-45(92)34(81)21(8-71)106-62)65(110-26)111-50-22(9-72)107-58(28(39(50)86)67-17(4)75)112-51-23(10-73)103-56(97)29(68-18(5)76)52(51)113-61-48(95)41(88)31(78)15(2)102-61/h14-15,19-65,69-73,77-97H,6-13H2,1-5H3,(H,66,74)(H,67,75)(H,68,76)/t14-,15-,19+,20+,21+,22+,23+,24+,25+,26+,27+,28+,29+,30+,31+,32+,33+,34-,35+,36+,37+,38+,39+,40+,41+,42-,43-,44-,45+,46-,47-,48-,49-,50+,51+,52+,53-,54-,55-,56?,57-,58-,59+,60-,61-,62-,63+,64-,65-/m0/s1. The molecule has 672 valence electrons. The Morgan fingerprint density at radius 3 is 1.03 bits per heavy atom. The van der Waals surface area contributed by atoms with E-state index >= 15 is 0 Å². The molecule has 0 aromatic rings. The van der Waals surface area contributed by atoms with Crippen LogP contribution in [0.15, 0.2) is 0 Å². The molecule has 51 nitrogen and oxygen atoms in total. The molecule has 0 aromatic heterocycles. The molecule has 0 aliphatic carbocycles. The lowest BCUT2D eigenvalue weighted by atomic mass is 9.93. The van der Waals surface area contributed by atoms with Crippen LogP contribution in [0.25, 0.3) is 0 Å². The lowest BCUT2D eigenvalue weighted by molar-refractivity contribution is -0.401. The van der Waals surface area contributed by atoms with Crippen LogP contribution in [0.1, 0.15) is 34.6 Å². The molecular weight excluding hydrogens is 1590 g/mol. The minimum Gasteiger partial charge on any atom is -0.394 e. The summed E-state index contributed by atoms with van der Waals surface area (Å²) in [6, 6.07) is -5.72. The first-order valence-electron chi connectivity index (χ1n) is 37.3. The maximum atomic E-state index is 13.4. The Hall–Kier alpha value is -3.39. The molecule has 0 bridgehead atoms. The Morgan fingerprint density at radius 2 is 0.543 bits per heavy atom. The second kappa shape index (κ2) is 40.9. The summed E-state index contributed by atoms with van der Waals surface area (Å²) in [7, 11) is 0. The summed E-state index contributed by atoms with van der Waals surface area (Å²) in [5.41, 5.74) is 0. The SMILES string of the molecule is CC(=O)N[C@H]1[C@H](O[C@H]2[C@H](O[C@@H]3O[C@@H](C)[C@@H](O)[C@@H](O)[C@@H]3O)[C@@H](NC(C)=O)C(O)O[C@@H]2CO)O[C@H](CO)[C@@H](O[C@@H]2O[C@H](CO[C@H]3O[C@H](CO[C@H]4O[C@H](CO)[C@@H](O)[C@H](O)[C@@H]4O)[C@@H](O)[C@H](O)[C@@H]3O[C@@H]3O[C@H](CO[C@@H]4O[C@@H](C)[C@@H](O)[C@@H](O)[C@@H]4O)[C@@H](O)[C@H](O)[C@H]3NC(C)=O)[C@@H](O)[C@H](O[C@H]3O[C@H](CO)[C@@H](O)[C@H](O)[C@@H]3O)[C@@H]2O[C@@H]2O[C@H](CO)[C@H](O)[C@H]2O)[C@@H]1O. The summed E-state index contributed by atoms with van der Waals surface area (Å²) in [5.74, 6) is -2.79. The van der Waals surface area contributed by atoms with Crippen molar-refractivity contribution in [1.82, 2.24) is 16.0 Å². The minimum atomic E-state index is -2.51. The third-order valence-electron chi connectivity index (χ3n) is 21.6. The molecule has 3 amide bonds. The fraction of sp³-hybridized carbons (Fsp3) is 0.954. The van der Waals surface area contributed by atoms with Gasteiger partial charge in [0.25, 0.3) is 0 Å². The highest BCUT2D eigenvalue weighted by molar-refractivity contribution is 5.74. The topological polar surface area (TPSA) is 789 Å². The normalized spacial score (nSPS) is 51.0. The summed E-state index contributed by atoms with van der Waals surface area (Å²) in [6.45, 7) is -3.19. The van der Waals surface area contributed by atoms with Gasteiger partial charge in [-0.2, -0.15) is 0 Å². The zero-order valence-electron chi connectivity index (χ0n) is 62.6. The van der Waals surface area contributed by atoms with Gasteiger partial charge in [0.05, 0.1) is 65.1 Å². The van der Waals surface area contributed by atoms with Crippen molar-refractivity contribution < 1.29 is 237 Å². The summed E-state index contributed by atoms with van der Waals surface area (Å²) in [4.78, 5) is 39.0. The van der Waals surface area contributed by atoms with Crippen molar-refractivity contribution in [2.45, 2.75) is 335 Å². The van der Waals surface area contributed by atoms with Crippen LogP contribution in [-0.2, 0) is 104 Å². The molecule has 29 N–H and O–H groups in total. The molecule has 1 unspecified atom stereocenters. The molecule has 10 heterocycles. The number of nitrogens with one attached hydrogen (secondary N) is 3. The first-order valence-corrected chi connectivity index (χ1v) is 37.3. The molecule has 10 saturated heterocycles. The number of hydrogen-bond donors (Lipinski definition) is 29. The van der Waals surface area contributed by atoms with Gasteiger partial charge in [-0.1, -0.05) is 0 Å². The van der Waals surface area contributed by atoms with E-state index in [1.54, 1.807) is 0 Å². The van der Waals surface area contributed by atoms with Gasteiger partial charge < -0.3 is 239 Å². The smallest absolute Gasteiger partial charge is 0.217 e. The molecule has 49 atom stereocenters. The Labute approximate surface area is 657 Å². The van der Waals surface area contributed by atoms with Crippen molar-refractivity contribution in [2.75, 3.05) is 52.9 Å². The van der Waals surface area contributed by atoms with E-state index in [1.807, 2.05) is 0 Å². The van der Waals surface area contributed by atoms with Gasteiger partial charge in [0.15, 0.2) is 62.9 Å². The van der Waals surface area contributed by atoms with Crippen LogP contribution in [0.5, 0.6) is 0 Å². The van der Waals surface area contributed by atoms with Crippen LogP contribution in [0.2, 0.25) is 0 Å². The van der Waals surface area contributed by atoms with E-state index in [1.165, 1.54) is 13.8 Å². The second-order valence-corrected chi connectivity index (χ2v) is 29.8. The third-order valence-corrected chi connectivity index (χ3v) is 21.6. The summed E-state index contributed by atoms with van der Waals surface area (Å²) < 4.78 is 114. The maximum absolute atomic E-state index is 13.4. The van der Waals surface area contributed by atoms with Crippen molar-refractivity contribution in [2.24, 2.45) is 0 Å². The molecular formula is C65H109N3O48. The molecule has 51 heteroatoms. The average Bonchev–Trinajstić information content (AvgIpc) is 1.01. The summed E-state index contributed by atoms with van der Waals surface area (Å²) in [6.07, 6.45) is -93.9. The van der Waals surface area contributed by atoms with Crippen LogP contribution < -0.4 is 16.0 Å². The highest BCUT2D eigenvalue weighted by Gasteiger charge is 2.62. The molecule has 0 aromatic carbocycles. The molecule has 10 aliphatic rings. The summed E-state index contributed by atoms with van der Waals surface area (Å²) in [5, 5.41) is 296. The highest BCUT2D eigenvalue weighted by atomic mass is 16.8. The highest BCUT2D eigenvalue weighted by Crippen LogP contribution is 2.41. The lowest BCUT2D eigenvalue weighted by Gasteiger charge is -2.51. The predicted octanol–water partition coefficient (Wildman–Crippen LogP) is -19.7. The average molecular weight is 1700 g/mol. The van der Waals surface area contributed by atoms with Gasteiger partial charge in [-0.05, 0) is 13.8 Å². The van der Waals surface area contributed by atoms with Gasteiger partial charge in [-0.25, -0.2) is 0 Å². The van der Waals surface area contributed by atoms with E-state index in [4.69, 9.17) is 90.0 Å². The van der Waals surface area contributed by atoms with Gasteiger partial charge in [0, 0.05) is 20.8 Å². The second-order valence-electron chi connectivity index (χ2n) is 29.8. The number of rotatable bonds is 29. The van der Waals surface area contributed by atoms with Crippen molar-refractivity contribution >= 4 is 17.7 Å². The van der Waals surface area contributed by atoms with E-state index in [0.717, 1.165) is 20.8 Å². The van der Waals surface area contributed by atoms with Crippen molar-refractivity contribution in [3.63, 3.8) is 0 Å². The fourth-order valence-electron chi connectivity index (χ4n) is 15.0. The van der Waals surface area contributed by atoms with Gasteiger partial charge in [0.2, 0.25) is 17.7 Å². The quantitative estimate of drug-likeness (QED) is 0.0331. The summed E-state index contributed by atoms with van der Waals surface area (Å²) >= 11 is 0. The van der Waals surface area contributed by atoms with Gasteiger partial charge in [-0.3, -0.25) is 14.4 Å². The molecule has 0 radical (unpaired) electrons. The number of amides is 3. The zero-order chi connectivity index (χ0) is 85.2. The van der Waals surface area contributed by atoms with Crippen molar-refractivity contribution in [3.05, 3.63) is 0 Å². The lowest BCUT2D eigenvalue weighted by Crippen LogP contribution is -2.71. The van der Waals surface area contributed by atoms with Gasteiger partial charge in [0.1, 0.15) is 226 Å². The van der Waals surface area contributed by atoms with E-state index in [-0.39, 0.29) is 0 Å². The van der Waals surface area contributed by atoms with E-state index in [2.05, 4.69) is 16.0 Å². The monoisotopic (exact) mass is 1700 g/mol. The molecule has 0 spiro atoms. The number of aliphatic hydroxyl groups excluding tert-OH is 26. The first kappa shape index (κ1) is 94.9. The van der Waals surface area contributed by atoms with E-state index < -0.39 is 371 Å². The maximum Gasteiger partial charge on any atom is 0.217 e. The molecule has 10 rings (SSSR count). The fourth-order valence-corrected chi connectivity index (χ4v) is 15.0. The zero-order valence-corrected chi connectivity index (χ0v) is 62.6. The first-order chi connectivity index (χ1) is 54.8. The van der Waals surface area contributed by atoms with Crippen LogP contribution in [0, 0.1) is 0 Å². The number of aliphatic hydroxyl groups is 26. The van der Waals surface area contributed by atoms with Crippen LogP contribution >= 0.6 is 0 Å². The minimum absolute atomic E-state index is 0.860. The van der Waals surface area contributed by atoms with Gasteiger partial charge >= 0.3 is 0 Å². The van der Waals surface area contributed by atoms with Crippen LogP contribution in [-0.4, -0.2) is 504 Å². The number of ether oxygens (including phenoxy) is 19. The van der Waals surface area contributed by atoms with Crippen molar-refractivity contribution in [1.29, 1.82) is 0 Å². The molecule has 10 aliphatic heterocycles. The van der Waals surface area contributed by atoms with Crippen LogP contribution in [0.3, 0.4) is 0 Å². The largest absolute Gasteiger partial charge is 0.394 e. The number of carbonyl (C=O) groups is 3. The van der Waals surface area contributed by atoms with E-state index in [9.17, 15) is 147 Å². The molecule has 10 fully saturated rings. The van der Waals surface area contributed by atoms with Crippen molar-refractivity contribution in [3.8, 4) is 0 Å².